The lowest BCUT2D eigenvalue weighted by Gasteiger charge is -2.58. The van der Waals surface area contributed by atoms with Gasteiger partial charge in [0.25, 0.3) is 0 Å². The Morgan fingerprint density at radius 3 is 2.13 bits per heavy atom. The highest BCUT2D eigenvalue weighted by molar-refractivity contribution is 5.92. The quantitative estimate of drug-likeness (QED) is 0.751. The molecule has 1 aliphatic rings. The first-order chi connectivity index (χ1) is 10.2. The number of carbonyl (C=O) groups is 2. The van der Waals surface area contributed by atoms with Crippen LogP contribution < -0.4 is 5.73 Å². The van der Waals surface area contributed by atoms with E-state index in [2.05, 4.69) is 0 Å². The van der Waals surface area contributed by atoms with Crippen molar-refractivity contribution in [3.8, 4) is 0 Å². The minimum Gasteiger partial charge on any atom is -0.378 e. The molecular formula is C16H32ClN3O3. The highest BCUT2D eigenvalue weighted by Gasteiger charge is 2.63. The molecule has 7 heteroatoms. The summed E-state index contributed by atoms with van der Waals surface area (Å²) in [4.78, 5) is 28.0. The Bertz CT molecular complexity index is 427. The molecule has 0 aliphatic heterocycles. The van der Waals surface area contributed by atoms with E-state index in [4.69, 9.17) is 10.5 Å². The van der Waals surface area contributed by atoms with E-state index in [-0.39, 0.29) is 36.9 Å². The lowest BCUT2D eigenvalue weighted by molar-refractivity contribution is -0.179. The van der Waals surface area contributed by atoms with Crippen molar-refractivity contribution in [2.75, 3.05) is 33.3 Å². The van der Waals surface area contributed by atoms with Gasteiger partial charge in [-0.2, -0.15) is 0 Å². The maximum absolute atomic E-state index is 12.7. The zero-order valence-corrected chi connectivity index (χ0v) is 16.0. The zero-order valence-electron chi connectivity index (χ0n) is 15.2. The van der Waals surface area contributed by atoms with E-state index in [0.29, 0.717) is 26.1 Å². The van der Waals surface area contributed by atoms with Crippen LogP contribution in [0.4, 0.5) is 0 Å². The summed E-state index contributed by atoms with van der Waals surface area (Å²) in [7, 11) is 1.64. The molecular weight excluding hydrogens is 318 g/mol. The van der Waals surface area contributed by atoms with Crippen LogP contribution in [0.3, 0.4) is 0 Å². The molecule has 2 unspecified atom stereocenters. The first-order valence-electron chi connectivity index (χ1n) is 8.09. The number of ether oxygens (including phenoxy) is 1. The Labute approximate surface area is 146 Å². The molecule has 1 saturated carbocycles. The number of hydrogen-bond acceptors (Lipinski definition) is 4. The molecule has 136 valence electrons. The number of carbonyl (C=O) groups excluding carboxylic acids is 2. The summed E-state index contributed by atoms with van der Waals surface area (Å²) in [6, 6.07) is 0. The Hall–Kier alpha value is -0.850. The molecule has 0 radical (unpaired) electrons. The third-order valence-corrected chi connectivity index (χ3v) is 5.05. The van der Waals surface area contributed by atoms with E-state index in [0.717, 1.165) is 0 Å². The van der Waals surface area contributed by atoms with Gasteiger partial charge in [0.1, 0.15) is 5.54 Å². The van der Waals surface area contributed by atoms with Crippen molar-refractivity contribution in [2.24, 2.45) is 11.1 Å². The van der Waals surface area contributed by atoms with E-state index in [1.54, 1.807) is 11.9 Å². The SMILES string of the molecule is CCOC1CC(N)(C(=O)N(C)CC(=O)N(CC)CC)C1(C)C.Cl. The Balaban J connectivity index is 0.00000484. The monoisotopic (exact) mass is 349 g/mol. The number of nitrogens with two attached hydrogens (primary N) is 1. The van der Waals surface area contributed by atoms with Gasteiger partial charge in [0.2, 0.25) is 11.8 Å². The molecule has 0 saturated heterocycles. The van der Waals surface area contributed by atoms with Gasteiger partial charge in [-0.05, 0) is 20.8 Å². The van der Waals surface area contributed by atoms with Crippen molar-refractivity contribution in [3.05, 3.63) is 0 Å². The summed E-state index contributed by atoms with van der Waals surface area (Å²) in [5.74, 6) is -0.239. The summed E-state index contributed by atoms with van der Waals surface area (Å²) >= 11 is 0. The highest BCUT2D eigenvalue weighted by atomic mass is 35.5. The van der Waals surface area contributed by atoms with E-state index in [1.165, 1.54) is 4.90 Å². The Morgan fingerprint density at radius 1 is 1.22 bits per heavy atom. The summed E-state index contributed by atoms with van der Waals surface area (Å²) in [6.07, 6.45) is 0.481. The summed E-state index contributed by atoms with van der Waals surface area (Å²) in [6.45, 7) is 11.6. The molecule has 0 aromatic carbocycles. The number of rotatable bonds is 7. The molecule has 1 rings (SSSR count). The summed E-state index contributed by atoms with van der Waals surface area (Å²) in [5.41, 5.74) is 4.96. The van der Waals surface area contributed by atoms with E-state index in [9.17, 15) is 9.59 Å². The largest absolute Gasteiger partial charge is 0.378 e. The molecule has 6 nitrogen and oxygen atoms in total. The van der Waals surface area contributed by atoms with Crippen LogP contribution in [0.2, 0.25) is 0 Å². The molecule has 2 N–H and O–H groups in total. The predicted octanol–water partition coefficient (Wildman–Crippen LogP) is 1.27. The molecule has 1 fully saturated rings. The van der Waals surface area contributed by atoms with Crippen LogP contribution in [0.25, 0.3) is 0 Å². The second-order valence-electron chi connectivity index (χ2n) is 6.57. The average Bonchev–Trinajstić information content (AvgIpc) is 2.47. The predicted molar refractivity (Wildman–Crippen MR) is 93.5 cm³/mol. The van der Waals surface area contributed by atoms with E-state index >= 15 is 0 Å². The Morgan fingerprint density at radius 2 is 1.74 bits per heavy atom. The van der Waals surface area contributed by atoms with Gasteiger partial charge >= 0.3 is 0 Å². The van der Waals surface area contributed by atoms with Crippen LogP contribution in [0, 0.1) is 5.41 Å². The van der Waals surface area contributed by atoms with Crippen LogP contribution >= 0.6 is 12.4 Å². The van der Waals surface area contributed by atoms with Crippen LogP contribution in [0.5, 0.6) is 0 Å². The number of hydrogen-bond donors (Lipinski definition) is 1. The maximum Gasteiger partial charge on any atom is 0.243 e. The fourth-order valence-corrected chi connectivity index (χ4v) is 3.09. The Kier molecular flexibility index (Phi) is 8.00. The van der Waals surface area contributed by atoms with Crippen molar-refractivity contribution in [3.63, 3.8) is 0 Å². The van der Waals surface area contributed by atoms with Gasteiger partial charge in [-0.25, -0.2) is 0 Å². The average molecular weight is 350 g/mol. The van der Waals surface area contributed by atoms with Crippen molar-refractivity contribution in [1.29, 1.82) is 0 Å². The van der Waals surface area contributed by atoms with Crippen molar-refractivity contribution in [2.45, 2.75) is 52.7 Å². The van der Waals surface area contributed by atoms with Gasteiger partial charge in [0.15, 0.2) is 0 Å². The van der Waals surface area contributed by atoms with Gasteiger partial charge < -0.3 is 20.3 Å². The number of likely N-dealkylation sites (N-methyl/N-ethyl adjacent to an activating group) is 2. The smallest absolute Gasteiger partial charge is 0.243 e. The fourth-order valence-electron chi connectivity index (χ4n) is 3.09. The molecule has 1 aliphatic carbocycles. The third-order valence-electron chi connectivity index (χ3n) is 5.05. The molecule has 0 aromatic heterocycles. The van der Waals surface area contributed by atoms with Gasteiger partial charge in [-0.15, -0.1) is 12.4 Å². The minimum absolute atomic E-state index is 0. The molecule has 2 amide bonds. The minimum atomic E-state index is -0.967. The second-order valence-corrected chi connectivity index (χ2v) is 6.57. The third kappa shape index (κ3) is 3.98. The lowest BCUT2D eigenvalue weighted by atomic mass is 9.54. The van der Waals surface area contributed by atoms with E-state index in [1.807, 2.05) is 34.6 Å². The van der Waals surface area contributed by atoms with Crippen molar-refractivity contribution >= 4 is 24.2 Å². The van der Waals surface area contributed by atoms with E-state index < -0.39 is 11.0 Å². The molecule has 0 spiro atoms. The van der Waals surface area contributed by atoms with Crippen LogP contribution in [0.15, 0.2) is 0 Å². The molecule has 2 atom stereocenters. The molecule has 0 bridgehead atoms. The summed E-state index contributed by atoms with van der Waals surface area (Å²) < 4.78 is 5.65. The molecule has 23 heavy (non-hydrogen) atoms. The van der Waals surface area contributed by atoms with Crippen molar-refractivity contribution in [1.82, 2.24) is 9.80 Å². The number of amides is 2. The lowest BCUT2D eigenvalue weighted by Crippen LogP contribution is -2.76. The maximum atomic E-state index is 12.7. The second kappa shape index (κ2) is 8.31. The van der Waals surface area contributed by atoms with Gasteiger partial charge in [0.05, 0.1) is 12.6 Å². The normalized spacial score (nSPS) is 25.1. The molecule has 0 aromatic rings. The van der Waals surface area contributed by atoms with Crippen LogP contribution in [-0.4, -0.2) is 66.5 Å². The fraction of sp³-hybridized carbons (Fsp3) is 0.875. The summed E-state index contributed by atoms with van der Waals surface area (Å²) in [5, 5.41) is 0. The topological polar surface area (TPSA) is 75.9 Å². The first kappa shape index (κ1) is 22.1. The number of nitrogens with zero attached hydrogens (tertiary/aromatic N) is 2. The van der Waals surface area contributed by atoms with Crippen LogP contribution in [-0.2, 0) is 14.3 Å². The zero-order chi connectivity index (χ0) is 17.1. The van der Waals surface area contributed by atoms with Gasteiger partial charge in [-0.1, -0.05) is 13.8 Å². The van der Waals surface area contributed by atoms with Crippen molar-refractivity contribution < 1.29 is 14.3 Å². The standard InChI is InChI=1S/C16H31N3O3.ClH/c1-7-19(8-2)13(20)11-18(6)14(21)16(17)10-12(22-9-3)15(16,4)5;/h12H,7-11,17H2,1-6H3;1H. The first-order valence-corrected chi connectivity index (χ1v) is 8.09. The highest BCUT2D eigenvalue weighted by Crippen LogP contribution is 2.50. The number of halogens is 1. The molecule has 0 heterocycles. The van der Waals surface area contributed by atoms with Gasteiger partial charge in [0, 0.05) is 38.6 Å². The van der Waals surface area contributed by atoms with Crippen LogP contribution in [0.1, 0.15) is 41.0 Å². The van der Waals surface area contributed by atoms with Gasteiger partial charge in [-0.3, -0.25) is 9.59 Å².